The zero-order chi connectivity index (χ0) is 13.9. The van der Waals surface area contributed by atoms with Crippen molar-refractivity contribution >= 4 is 5.78 Å². The molecule has 20 heavy (non-hydrogen) atoms. The lowest BCUT2D eigenvalue weighted by atomic mass is 9.65. The predicted molar refractivity (Wildman–Crippen MR) is 77.9 cm³/mol. The van der Waals surface area contributed by atoms with Crippen LogP contribution >= 0.6 is 0 Å². The monoisotopic (exact) mass is 270 g/mol. The summed E-state index contributed by atoms with van der Waals surface area (Å²) >= 11 is 0. The van der Waals surface area contributed by atoms with E-state index in [1.54, 1.807) is 0 Å². The van der Waals surface area contributed by atoms with Gasteiger partial charge in [-0.25, -0.2) is 0 Å². The highest BCUT2D eigenvalue weighted by Crippen LogP contribution is 2.56. The minimum absolute atomic E-state index is 0.145. The Morgan fingerprint density at radius 1 is 1.20 bits per heavy atom. The second kappa shape index (κ2) is 4.17. The summed E-state index contributed by atoms with van der Waals surface area (Å²) in [4.78, 5) is 11.8. The van der Waals surface area contributed by atoms with Crippen LogP contribution < -0.4 is 0 Å². The third kappa shape index (κ3) is 1.70. The van der Waals surface area contributed by atoms with Crippen LogP contribution in [-0.4, -0.2) is 17.0 Å². The van der Waals surface area contributed by atoms with Crippen molar-refractivity contribution in [1.29, 1.82) is 0 Å². The Kier molecular flexibility index (Phi) is 2.62. The van der Waals surface area contributed by atoms with Gasteiger partial charge in [-0.15, -0.1) is 0 Å². The maximum Gasteiger partial charge on any atom is 0.137 e. The predicted octanol–water partition coefficient (Wildman–Crippen LogP) is 2.94. The summed E-state index contributed by atoms with van der Waals surface area (Å²) in [6, 6.07) is 4.54. The first kappa shape index (κ1) is 12.6. The van der Waals surface area contributed by atoms with Crippen LogP contribution in [0.3, 0.4) is 0 Å². The maximum atomic E-state index is 11.8. The molecule has 1 aromatic carbocycles. The smallest absolute Gasteiger partial charge is 0.137 e. The van der Waals surface area contributed by atoms with Crippen LogP contribution in [-0.2, 0) is 24.1 Å². The minimum atomic E-state index is -0.145. The molecule has 0 saturated heterocycles. The zero-order valence-corrected chi connectivity index (χ0v) is 12.1. The van der Waals surface area contributed by atoms with Crippen LogP contribution in [0.15, 0.2) is 12.1 Å². The van der Waals surface area contributed by atoms with E-state index < -0.39 is 0 Å². The Morgan fingerprint density at radius 2 is 2.05 bits per heavy atom. The molecule has 0 amide bonds. The standard InChI is InChI=1S/C18H22O2/c1-18-7-6-14-15(17(18)9-13(20)10-18)5-3-11-2-4-12(19)8-16(11)14/h3,5,13,17,20H,2,4,6-10H2,1H3/t13-,17+,18-/m0/s1. The fourth-order valence-electron chi connectivity index (χ4n) is 4.91. The molecule has 0 bridgehead atoms. The molecule has 1 N–H and O–H groups in total. The molecule has 0 heterocycles. The van der Waals surface area contributed by atoms with Crippen LogP contribution in [0.5, 0.6) is 0 Å². The highest BCUT2D eigenvalue weighted by molar-refractivity contribution is 5.84. The summed E-state index contributed by atoms with van der Waals surface area (Å²) < 4.78 is 0. The first-order valence-corrected chi connectivity index (χ1v) is 7.90. The summed E-state index contributed by atoms with van der Waals surface area (Å²) in [6.45, 7) is 2.33. The van der Waals surface area contributed by atoms with Crippen molar-refractivity contribution in [1.82, 2.24) is 0 Å². The van der Waals surface area contributed by atoms with Crippen LogP contribution in [0, 0.1) is 5.41 Å². The number of aryl methyl sites for hydroxylation is 1. The molecular formula is C18H22O2. The Bertz CT molecular complexity index is 589. The first-order valence-electron chi connectivity index (χ1n) is 7.90. The zero-order valence-electron chi connectivity index (χ0n) is 12.1. The van der Waals surface area contributed by atoms with Crippen LogP contribution in [0.4, 0.5) is 0 Å². The highest BCUT2D eigenvalue weighted by atomic mass is 16.3. The maximum absolute atomic E-state index is 11.8. The Balaban J connectivity index is 1.83. The van der Waals surface area contributed by atoms with Gasteiger partial charge in [-0.05, 0) is 65.7 Å². The largest absolute Gasteiger partial charge is 0.393 e. The number of ketones is 1. The van der Waals surface area contributed by atoms with Crippen LogP contribution in [0.1, 0.15) is 60.8 Å². The number of benzene rings is 1. The molecule has 0 radical (unpaired) electrons. The topological polar surface area (TPSA) is 37.3 Å². The number of rotatable bonds is 0. The van der Waals surface area contributed by atoms with E-state index in [1.807, 2.05) is 0 Å². The Labute approximate surface area is 120 Å². The van der Waals surface area contributed by atoms with E-state index in [0.717, 1.165) is 32.1 Å². The van der Waals surface area contributed by atoms with Crippen molar-refractivity contribution in [2.45, 2.75) is 63.9 Å². The molecule has 4 rings (SSSR count). The number of carbonyl (C=O) groups is 1. The van der Waals surface area contributed by atoms with Gasteiger partial charge in [0.2, 0.25) is 0 Å². The van der Waals surface area contributed by atoms with Gasteiger partial charge in [-0.3, -0.25) is 4.79 Å². The summed E-state index contributed by atoms with van der Waals surface area (Å²) in [7, 11) is 0. The average Bonchev–Trinajstić information content (AvgIpc) is 2.72. The van der Waals surface area contributed by atoms with Gasteiger partial charge in [-0.1, -0.05) is 19.1 Å². The van der Waals surface area contributed by atoms with E-state index >= 15 is 0 Å². The van der Waals surface area contributed by atoms with Gasteiger partial charge < -0.3 is 5.11 Å². The fraction of sp³-hybridized carbons (Fsp3) is 0.611. The van der Waals surface area contributed by atoms with Gasteiger partial charge in [0.25, 0.3) is 0 Å². The van der Waals surface area contributed by atoms with Gasteiger partial charge in [0.15, 0.2) is 0 Å². The number of aliphatic hydroxyl groups excluding tert-OH is 1. The number of aliphatic hydroxyl groups is 1. The minimum Gasteiger partial charge on any atom is -0.393 e. The molecule has 1 aromatic rings. The molecule has 106 valence electrons. The molecule has 0 aliphatic heterocycles. The van der Waals surface area contributed by atoms with Crippen molar-refractivity contribution in [2.75, 3.05) is 0 Å². The van der Waals surface area contributed by atoms with Crippen LogP contribution in [0.2, 0.25) is 0 Å². The van der Waals surface area contributed by atoms with E-state index in [-0.39, 0.29) is 11.5 Å². The molecule has 3 aliphatic rings. The third-order valence-electron chi connectivity index (χ3n) is 5.98. The van der Waals surface area contributed by atoms with Gasteiger partial charge in [0.05, 0.1) is 6.10 Å². The molecule has 0 aromatic heterocycles. The van der Waals surface area contributed by atoms with E-state index in [9.17, 15) is 9.90 Å². The Hall–Kier alpha value is -1.15. The molecule has 2 heteroatoms. The molecule has 3 atom stereocenters. The molecular weight excluding hydrogens is 248 g/mol. The normalized spacial score (nSPS) is 35.4. The number of carbonyl (C=O) groups excluding carboxylic acids is 1. The van der Waals surface area contributed by atoms with E-state index in [2.05, 4.69) is 19.1 Å². The SMILES string of the molecule is C[C@@]12CCc3c(ccc4c3CC(=O)CC4)[C@H]1C[C@H](O)C2. The highest BCUT2D eigenvalue weighted by Gasteiger charge is 2.47. The van der Waals surface area contributed by atoms with Crippen molar-refractivity contribution in [3.63, 3.8) is 0 Å². The lowest BCUT2D eigenvalue weighted by molar-refractivity contribution is -0.118. The van der Waals surface area contributed by atoms with Crippen molar-refractivity contribution < 1.29 is 9.90 Å². The van der Waals surface area contributed by atoms with Crippen molar-refractivity contribution in [2.24, 2.45) is 5.41 Å². The van der Waals surface area contributed by atoms with E-state index in [1.165, 1.54) is 22.3 Å². The van der Waals surface area contributed by atoms with Gasteiger partial charge in [0.1, 0.15) is 5.78 Å². The second-order valence-corrected chi connectivity index (χ2v) is 7.29. The third-order valence-corrected chi connectivity index (χ3v) is 5.98. The first-order chi connectivity index (χ1) is 9.57. The quantitative estimate of drug-likeness (QED) is 0.787. The summed E-state index contributed by atoms with van der Waals surface area (Å²) in [5.41, 5.74) is 5.88. The van der Waals surface area contributed by atoms with E-state index in [4.69, 9.17) is 0 Å². The number of fused-ring (bicyclic) bond motifs is 5. The van der Waals surface area contributed by atoms with Gasteiger partial charge in [0, 0.05) is 12.8 Å². The van der Waals surface area contributed by atoms with E-state index in [0.29, 0.717) is 24.5 Å². The molecule has 2 nitrogen and oxygen atoms in total. The summed E-state index contributed by atoms with van der Waals surface area (Å²) in [6.07, 6.45) is 6.22. The Morgan fingerprint density at radius 3 is 2.90 bits per heavy atom. The lowest BCUT2D eigenvalue weighted by Crippen LogP contribution is -2.29. The van der Waals surface area contributed by atoms with Gasteiger partial charge in [-0.2, -0.15) is 0 Å². The summed E-state index contributed by atoms with van der Waals surface area (Å²) in [5.74, 6) is 0.884. The molecule has 1 saturated carbocycles. The second-order valence-electron chi connectivity index (χ2n) is 7.29. The summed E-state index contributed by atoms with van der Waals surface area (Å²) in [5, 5.41) is 10.1. The average molecular weight is 270 g/mol. The van der Waals surface area contributed by atoms with Gasteiger partial charge >= 0.3 is 0 Å². The number of Topliss-reactive ketones (excluding diaryl/α,β-unsaturated/α-hetero) is 1. The molecule has 3 aliphatic carbocycles. The van der Waals surface area contributed by atoms with Crippen molar-refractivity contribution in [3.8, 4) is 0 Å². The number of hydrogen-bond acceptors (Lipinski definition) is 2. The van der Waals surface area contributed by atoms with Crippen LogP contribution in [0.25, 0.3) is 0 Å². The number of hydrogen-bond donors (Lipinski definition) is 1. The molecule has 0 unspecified atom stereocenters. The lowest BCUT2D eigenvalue weighted by Gasteiger charge is -2.39. The molecule has 1 fully saturated rings. The molecule has 0 spiro atoms. The van der Waals surface area contributed by atoms with Crippen molar-refractivity contribution in [3.05, 3.63) is 34.4 Å². The fourth-order valence-corrected chi connectivity index (χ4v) is 4.91.